The molecule has 1 heterocycles. The number of carbonyl (C=O) groups is 15. The number of carboxylic acids is 1. The highest BCUT2D eigenvalue weighted by atomic mass is 32.1. The van der Waals surface area contributed by atoms with Crippen LogP contribution in [-0.4, -0.2) is 243 Å². The number of benzene rings is 4. The van der Waals surface area contributed by atoms with Crippen molar-refractivity contribution in [2.75, 3.05) is 37.7 Å². The van der Waals surface area contributed by atoms with Crippen molar-refractivity contribution in [2.45, 2.75) is 182 Å². The van der Waals surface area contributed by atoms with Gasteiger partial charge in [0.1, 0.15) is 72.5 Å². The van der Waals surface area contributed by atoms with Crippen molar-refractivity contribution in [1.29, 1.82) is 0 Å². The average molecular weight is 1640 g/mol. The zero-order chi connectivity index (χ0) is 84.8. The maximum atomic E-state index is 15.4. The van der Waals surface area contributed by atoms with Gasteiger partial charge in [0.25, 0.3) is 0 Å². The number of thiol groups is 2. The van der Waals surface area contributed by atoms with E-state index in [2.05, 4.69) is 99.4 Å². The van der Waals surface area contributed by atoms with Crippen LogP contribution in [0.2, 0.25) is 0 Å². The molecule has 15 atom stereocenters. The Morgan fingerprint density at radius 1 is 0.409 bits per heavy atom. The molecule has 4 aromatic carbocycles. The topological polar surface area (TPSA) is 613 Å². The van der Waals surface area contributed by atoms with Gasteiger partial charge in [-0.3, -0.25) is 67.1 Å². The van der Waals surface area contributed by atoms with E-state index in [-0.39, 0.29) is 76.0 Å². The van der Waals surface area contributed by atoms with E-state index in [0.717, 1.165) is 13.8 Å². The predicted molar refractivity (Wildman–Crippen MR) is 428 cm³/mol. The lowest BCUT2D eigenvalue weighted by Crippen LogP contribution is -2.63. The number of aromatic nitrogens is 1. The van der Waals surface area contributed by atoms with Crippen LogP contribution in [0, 0.1) is 0 Å². The fourth-order valence-corrected chi connectivity index (χ4v) is 12.2. The number of fused-ring (bicyclic) bond motifs is 1. The molecule has 0 bridgehead atoms. The summed E-state index contributed by atoms with van der Waals surface area (Å²) < 4.78 is 0. The van der Waals surface area contributed by atoms with E-state index in [9.17, 15) is 78.0 Å². The molecule has 0 aliphatic carbocycles. The summed E-state index contributed by atoms with van der Waals surface area (Å²) in [5.41, 5.74) is 25.4. The summed E-state index contributed by atoms with van der Waals surface area (Å²) in [5, 5.41) is 74.3. The van der Waals surface area contributed by atoms with Crippen LogP contribution < -0.4 is 92.1 Å². The van der Waals surface area contributed by atoms with Gasteiger partial charge >= 0.3 is 5.97 Å². The van der Waals surface area contributed by atoms with Crippen molar-refractivity contribution in [2.24, 2.45) is 22.9 Å². The van der Waals surface area contributed by atoms with Crippen molar-refractivity contribution < 1.29 is 92.3 Å². The molecule has 0 fully saturated rings. The lowest BCUT2D eigenvalue weighted by Gasteiger charge is -2.29. The van der Waals surface area contributed by atoms with Crippen LogP contribution in [-0.2, 0) is 97.6 Å². The van der Waals surface area contributed by atoms with Gasteiger partial charge in [-0.05, 0) is 101 Å². The smallest absolute Gasteiger partial charge is 0.327 e. The minimum Gasteiger partial charge on any atom is -0.480 e. The van der Waals surface area contributed by atoms with E-state index in [4.69, 9.17) is 22.9 Å². The number of primary amides is 1. The molecule has 5 rings (SSSR count). The number of hydrogen-bond acceptors (Lipinski definition) is 23. The van der Waals surface area contributed by atoms with Crippen LogP contribution in [0.5, 0.6) is 0 Å². The van der Waals surface area contributed by atoms with Gasteiger partial charge < -0.3 is 117 Å². The number of H-pyrrole nitrogens is 1. The molecule has 37 nitrogen and oxygen atoms in total. The zero-order valence-electron chi connectivity index (χ0n) is 63.8. The largest absolute Gasteiger partial charge is 0.480 e. The first-order valence-corrected chi connectivity index (χ1v) is 38.5. The number of aliphatic hydroxyl groups excluding tert-OH is 3. The summed E-state index contributed by atoms with van der Waals surface area (Å²) >= 11 is 8.09. The fourth-order valence-electron chi connectivity index (χ4n) is 11.7. The highest BCUT2D eigenvalue weighted by Gasteiger charge is 2.39. The molecular formula is C76H106N18O19S2. The second kappa shape index (κ2) is 48.9. The number of aliphatic hydroxyl groups is 3. The van der Waals surface area contributed by atoms with E-state index in [1.165, 1.54) is 6.92 Å². The number of hydrogen-bond donors (Lipinski definition) is 24. The molecule has 626 valence electrons. The van der Waals surface area contributed by atoms with Gasteiger partial charge in [0.2, 0.25) is 82.7 Å². The summed E-state index contributed by atoms with van der Waals surface area (Å²) in [5.74, 6) is -16.3. The molecule has 14 amide bonds. The van der Waals surface area contributed by atoms with Crippen molar-refractivity contribution in [3.63, 3.8) is 0 Å². The van der Waals surface area contributed by atoms with Crippen molar-refractivity contribution >= 4 is 125 Å². The molecule has 1 aromatic heterocycles. The number of nitrogens with one attached hydrogen (secondary N) is 14. The van der Waals surface area contributed by atoms with Gasteiger partial charge in [-0.1, -0.05) is 109 Å². The van der Waals surface area contributed by atoms with Crippen molar-refractivity contribution in [3.05, 3.63) is 144 Å². The molecule has 115 heavy (non-hydrogen) atoms. The standard InChI is InChI=1S/C76H106N18O19S2/c1-41(79)64(100)82-37-61(99)83-58(39-114)73(109)85-50(27-15-17-29-77)65(101)89-56(35-60(80)98)70(106)87-52(31-44-19-7-4-8-20-44)67(103)86-53(32-45-21-9-5-10-22-45)68(104)88-55(34-47-36-81-49-26-14-13-25-48(47)49)69(105)84-51(28-16-18-30-78)66(102)93-62(42(2)96)74(110)90-54(33-46-23-11-6-12-24-46)71(107)94-63(43(3)97)75(111)91-57(38-95)72(108)92-59(40-115)76(112)113/h4-14,19-26,36,41-43,50-59,62-63,81,95-97,114-115H,15-18,27-35,37-40,77-79H2,1-3H3,(H2,80,98)(H,82,100)(H,83,99)(H,84,105)(H,85,109)(H,86,103)(H,87,106)(H,88,104)(H,89,101)(H,90,110)(H,91,111)(H,92,108)(H,93,102)(H,94,107)(H,112,113)/t41-,42+,43+,50-,51-,52+,53-,54-,55+,56-,57-,58-,59-,62-,63-/m0/s1. The molecule has 0 spiro atoms. The number of rotatable bonds is 50. The number of aromatic amines is 1. The highest BCUT2D eigenvalue weighted by Crippen LogP contribution is 2.21. The molecule has 26 N–H and O–H groups in total. The maximum absolute atomic E-state index is 15.4. The Labute approximate surface area is 674 Å². The normalized spacial score (nSPS) is 15.1. The lowest BCUT2D eigenvalue weighted by molar-refractivity contribution is -0.142. The van der Waals surface area contributed by atoms with Crippen molar-refractivity contribution in [3.8, 4) is 0 Å². The summed E-state index contributed by atoms with van der Waals surface area (Å²) in [4.78, 5) is 211. The lowest BCUT2D eigenvalue weighted by atomic mass is 10.00. The minimum atomic E-state index is -1.91. The van der Waals surface area contributed by atoms with Gasteiger partial charge in [0.15, 0.2) is 0 Å². The third-order valence-corrected chi connectivity index (χ3v) is 18.8. The molecule has 5 aromatic rings. The summed E-state index contributed by atoms with van der Waals surface area (Å²) in [6, 6.07) is 10.9. The number of amides is 14. The van der Waals surface area contributed by atoms with Crippen LogP contribution in [0.25, 0.3) is 10.9 Å². The van der Waals surface area contributed by atoms with Gasteiger partial charge in [0.05, 0.1) is 37.8 Å². The Kier molecular flexibility index (Phi) is 40.2. The summed E-state index contributed by atoms with van der Waals surface area (Å²) in [6.07, 6.45) is -2.99. The predicted octanol–water partition coefficient (Wildman–Crippen LogP) is -5.45. The first-order valence-electron chi connectivity index (χ1n) is 37.2. The third kappa shape index (κ3) is 31.7. The fraction of sp³-hybridized carbons (Fsp3) is 0.461. The van der Waals surface area contributed by atoms with Crippen LogP contribution >= 0.6 is 25.3 Å². The van der Waals surface area contributed by atoms with E-state index in [1.807, 2.05) is 0 Å². The van der Waals surface area contributed by atoms with Gasteiger partial charge in [-0.2, -0.15) is 25.3 Å². The molecular weight excluding hydrogens is 1530 g/mol. The summed E-state index contributed by atoms with van der Waals surface area (Å²) in [7, 11) is 0. The number of carboxylic acid groups (broad SMARTS) is 1. The monoisotopic (exact) mass is 1640 g/mol. The second-order valence-electron chi connectivity index (χ2n) is 27.4. The minimum absolute atomic E-state index is 0.0772. The Balaban J connectivity index is 1.47. The van der Waals surface area contributed by atoms with Crippen LogP contribution in [0.15, 0.2) is 121 Å². The van der Waals surface area contributed by atoms with E-state index < -0.39 is 199 Å². The highest BCUT2D eigenvalue weighted by molar-refractivity contribution is 7.80. The Morgan fingerprint density at radius 2 is 0.757 bits per heavy atom. The van der Waals surface area contributed by atoms with E-state index in [1.54, 1.807) is 121 Å². The van der Waals surface area contributed by atoms with E-state index >= 15 is 14.4 Å². The Morgan fingerprint density at radius 3 is 1.17 bits per heavy atom. The molecule has 0 saturated carbocycles. The second-order valence-corrected chi connectivity index (χ2v) is 28.1. The molecule has 0 aliphatic heterocycles. The van der Waals surface area contributed by atoms with Crippen LogP contribution in [0.1, 0.15) is 88.0 Å². The Bertz CT molecular complexity index is 4090. The molecule has 0 unspecified atom stereocenters. The summed E-state index contributed by atoms with van der Waals surface area (Å²) in [6.45, 7) is 2.34. The quantitative estimate of drug-likeness (QED) is 0.0128. The van der Waals surface area contributed by atoms with Crippen LogP contribution in [0.3, 0.4) is 0 Å². The van der Waals surface area contributed by atoms with Gasteiger partial charge in [-0.15, -0.1) is 0 Å². The molecule has 0 aliphatic rings. The van der Waals surface area contributed by atoms with Crippen LogP contribution in [0.4, 0.5) is 0 Å². The Hall–Kier alpha value is -11.1. The third-order valence-electron chi connectivity index (χ3n) is 18.1. The number of carbonyl (C=O) groups excluding carboxylic acids is 14. The molecule has 39 heteroatoms. The number of para-hydroxylation sites is 1. The van der Waals surface area contributed by atoms with Crippen molar-refractivity contribution in [1.82, 2.24) is 74.1 Å². The van der Waals surface area contributed by atoms with Gasteiger partial charge in [0, 0.05) is 54.3 Å². The average Bonchev–Trinajstić information content (AvgIpc) is 1.73. The molecule has 0 saturated heterocycles. The number of unbranched alkanes of at least 4 members (excludes halogenated alkanes) is 2. The first-order chi connectivity index (χ1) is 54.8. The number of aliphatic carboxylic acids is 1. The number of nitrogens with two attached hydrogens (primary N) is 4. The zero-order valence-corrected chi connectivity index (χ0v) is 65.6. The van der Waals surface area contributed by atoms with E-state index in [0.29, 0.717) is 46.0 Å². The van der Waals surface area contributed by atoms with Gasteiger partial charge in [-0.25, -0.2) is 4.79 Å². The first kappa shape index (κ1) is 94.5. The molecule has 0 radical (unpaired) electrons. The maximum Gasteiger partial charge on any atom is 0.327 e. The SMILES string of the molecule is C[C@H](N)C(=O)NCC(=O)N[C@@H](CS)C(=O)N[C@@H](CCCCN)C(=O)N[C@@H](CC(N)=O)C(=O)N[C@H](Cc1ccccc1)C(=O)N[C@@H](Cc1ccccc1)C(=O)N[C@H](Cc1c[nH]c2ccccc12)C(=O)N[C@@H](CCCCN)C(=O)N[C@H](C(=O)N[C@@H](Cc1ccccc1)C(=O)N[C@H](C(=O)N[C@@H](CO)C(=O)N[C@@H](CS)C(=O)O)[C@@H](C)O)[C@@H](C)O.